The molecule has 0 bridgehead atoms. The van der Waals surface area contributed by atoms with Gasteiger partial charge in [0.1, 0.15) is 0 Å². The number of benzene rings is 1. The lowest BCUT2D eigenvalue weighted by Crippen LogP contribution is -1.99. The van der Waals surface area contributed by atoms with E-state index in [-0.39, 0.29) is 0 Å². The fourth-order valence-electron chi connectivity index (χ4n) is 0.996. The molecule has 1 aromatic carbocycles. The molecule has 3 heteroatoms. The van der Waals surface area contributed by atoms with Gasteiger partial charge in [0, 0.05) is 0 Å². The summed E-state index contributed by atoms with van der Waals surface area (Å²) in [6, 6.07) is 7.57. The summed E-state index contributed by atoms with van der Waals surface area (Å²) >= 11 is -1.29. The van der Waals surface area contributed by atoms with E-state index < -0.39 is 11.1 Å². The van der Waals surface area contributed by atoms with E-state index in [1.807, 2.05) is 31.2 Å². The molecule has 0 aliphatic heterocycles. The highest BCUT2D eigenvalue weighted by Gasteiger charge is 2.02. The Kier molecular flexibility index (Phi) is 4.84. The summed E-state index contributed by atoms with van der Waals surface area (Å²) in [5, 5.41) is 0. The van der Waals surface area contributed by atoms with E-state index in [2.05, 4.69) is 6.92 Å². The van der Waals surface area contributed by atoms with E-state index in [1.165, 1.54) is 5.56 Å². The third-order valence-corrected chi connectivity index (χ3v) is 2.94. The highest BCUT2D eigenvalue weighted by Crippen LogP contribution is 2.09. The Morgan fingerprint density at radius 1 is 1.29 bits per heavy atom. The third kappa shape index (κ3) is 3.60. The predicted molar refractivity (Wildman–Crippen MR) is 58.4 cm³/mol. The normalized spacial score (nSPS) is 12.7. The Balaban J connectivity index is 2.48. The molecule has 0 N–H and O–H groups in total. The van der Waals surface area contributed by atoms with Crippen LogP contribution in [0.3, 0.4) is 0 Å². The van der Waals surface area contributed by atoms with Gasteiger partial charge in [-0.2, -0.15) is 0 Å². The van der Waals surface area contributed by atoms with Crippen LogP contribution in [0, 0.1) is 6.92 Å². The molecule has 0 heterocycles. The molecule has 78 valence electrons. The second-order valence-corrected chi connectivity index (χ2v) is 4.40. The molecule has 1 rings (SSSR count). The van der Waals surface area contributed by atoms with Crippen LogP contribution in [0.4, 0.5) is 0 Å². The molecule has 0 aliphatic rings. The highest BCUT2D eigenvalue weighted by atomic mass is 32.2. The molecule has 0 saturated heterocycles. The molecule has 0 aliphatic carbocycles. The molecule has 1 atom stereocenters. The summed E-state index contributed by atoms with van der Waals surface area (Å²) < 4.78 is 16.7. The van der Waals surface area contributed by atoms with Gasteiger partial charge in [-0.3, -0.25) is 4.18 Å². The van der Waals surface area contributed by atoms with Gasteiger partial charge < -0.3 is 0 Å². The van der Waals surface area contributed by atoms with Crippen molar-refractivity contribution < 1.29 is 8.39 Å². The number of hydrogen-bond donors (Lipinski definition) is 0. The highest BCUT2D eigenvalue weighted by molar-refractivity contribution is 7.80. The van der Waals surface area contributed by atoms with Gasteiger partial charge in [-0.1, -0.05) is 31.0 Å². The Morgan fingerprint density at radius 2 is 1.93 bits per heavy atom. The second kappa shape index (κ2) is 5.94. The van der Waals surface area contributed by atoms with Crippen molar-refractivity contribution in [3.63, 3.8) is 0 Å². The van der Waals surface area contributed by atoms with Gasteiger partial charge in [-0.25, -0.2) is 4.21 Å². The first-order chi connectivity index (χ1) is 6.74. The van der Waals surface area contributed by atoms with Crippen LogP contribution in [0.2, 0.25) is 0 Å². The molecular formula is C11H16O2S. The van der Waals surface area contributed by atoms with Crippen molar-refractivity contribution in [2.45, 2.75) is 31.6 Å². The molecule has 1 aromatic rings. The van der Waals surface area contributed by atoms with Crippen LogP contribution in [0.15, 0.2) is 29.2 Å². The van der Waals surface area contributed by atoms with E-state index in [0.717, 1.165) is 17.7 Å². The molecule has 0 spiro atoms. The summed E-state index contributed by atoms with van der Waals surface area (Å²) in [5.41, 5.74) is 1.17. The minimum absolute atomic E-state index is 0.566. The zero-order valence-corrected chi connectivity index (χ0v) is 9.47. The fraction of sp³-hybridized carbons (Fsp3) is 0.455. The van der Waals surface area contributed by atoms with Gasteiger partial charge in [0.05, 0.1) is 11.5 Å². The van der Waals surface area contributed by atoms with Crippen molar-refractivity contribution in [2.24, 2.45) is 0 Å². The zero-order valence-electron chi connectivity index (χ0n) is 8.66. The fourth-order valence-corrected chi connectivity index (χ4v) is 1.76. The molecule has 0 aromatic heterocycles. The van der Waals surface area contributed by atoms with Gasteiger partial charge in [0.25, 0.3) is 0 Å². The number of aryl methyl sites for hydroxylation is 1. The number of hydrogen-bond acceptors (Lipinski definition) is 2. The molecule has 0 fully saturated rings. The van der Waals surface area contributed by atoms with E-state index in [0.29, 0.717) is 6.61 Å². The number of unbranched alkanes of at least 4 members (excludes halogenated alkanes) is 1. The third-order valence-electron chi connectivity index (χ3n) is 1.90. The SMILES string of the molecule is CCCCOS(=O)c1ccc(C)cc1. The van der Waals surface area contributed by atoms with Gasteiger partial charge in [0.15, 0.2) is 11.1 Å². The molecule has 0 amide bonds. The zero-order chi connectivity index (χ0) is 10.4. The number of rotatable bonds is 5. The molecule has 14 heavy (non-hydrogen) atoms. The average Bonchev–Trinajstić information content (AvgIpc) is 2.19. The smallest absolute Gasteiger partial charge is 0.189 e. The molecular weight excluding hydrogens is 196 g/mol. The lowest BCUT2D eigenvalue weighted by molar-refractivity contribution is 0.338. The van der Waals surface area contributed by atoms with Crippen molar-refractivity contribution in [3.05, 3.63) is 29.8 Å². The van der Waals surface area contributed by atoms with Crippen LogP contribution in [0.1, 0.15) is 25.3 Å². The van der Waals surface area contributed by atoms with Crippen molar-refractivity contribution in [1.29, 1.82) is 0 Å². The van der Waals surface area contributed by atoms with Gasteiger partial charge >= 0.3 is 0 Å². The maximum absolute atomic E-state index is 11.5. The van der Waals surface area contributed by atoms with Crippen LogP contribution in [-0.2, 0) is 15.3 Å². The second-order valence-electron chi connectivity index (χ2n) is 3.22. The first-order valence-electron chi connectivity index (χ1n) is 4.85. The summed E-state index contributed by atoms with van der Waals surface area (Å²) in [6.07, 6.45) is 2.02. The van der Waals surface area contributed by atoms with Gasteiger partial charge in [-0.15, -0.1) is 0 Å². The quantitative estimate of drug-likeness (QED) is 0.701. The first kappa shape index (κ1) is 11.4. The van der Waals surface area contributed by atoms with Crippen LogP contribution in [0.25, 0.3) is 0 Å². The monoisotopic (exact) mass is 212 g/mol. The summed E-state index contributed by atoms with van der Waals surface area (Å²) in [5.74, 6) is 0. The lowest BCUT2D eigenvalue weighted by Gasteiger charge is -2.02. The van der Waals surface area contributed by atoms with Crippen molar-refractivity contribution in [2.75, 3.05) is 6.61 Å². The van der Waals surface area contributed by atoms with Crippen LogP contribution in [0.5, 0.6) is 0 Å². The Morgan fingerprint density at radius 3 is 2.50 bits per heavy atom. The van der Waals surface area contributed by atoms with Gasteiger partial charge in [-0.05, 0) is 25.5 Å². The summed E-state index contributed by atoms with van der Waals surface area (Å²) in [7, 11) is 0. The lowest BCUT2D eigenvalue weighted by atomic mass is 10.2. The van der Waals surface area contributed by atoms with Crippen molar-refractivity contribution >= 4 is 11.1 Å². The minimum Gasteiger partial charge on any atom is -0.287 e. The van der Waals surface area contributed by atoms with Crippen LogP contribution >= 0.6 is 0 Å². The van der Waals surface area contributed by atoms with E-state index in [9.17, 15) is 4.21 Å². The Bertz CT molecular complexity index is 293. The summed E-state index contributed by atoms with van der Waals surface area (Å²) in [6.45, 7) is 4.65. The molecule has 0 radical (unpaired) electrons. The van der Waals surface area contributed by atoms with E-state index in [1.54, 1.807) is 0 Å². The first-order valence-corrected chi connectivity index (χ1v) is 5.93. The average molecular weight is 212 g/mol. The van der Waals surface area contributed by atoms with E-state index in [4.69, 9.17) is 4.18 Å². The predicted octanol–water partition coefficient (Wildman–Crippen LogP) is 2.83. The molecule has 1 unspecified atom stereocenters. The topological polar surface area (TPSA) is 26.3 Å². The maximum Gasteiger partial charge on any atom is 0.189 e. The summed E-state index contributed by atoms with van der Waals surface area (Å²) in [4.78, 5) is 0.742. The van der Waals surface area contributed by atoms with Crippen LogP contribution < -0.4 is 0 Å². The minimum atomic E-state index is -1.29. The standard InChI is InChI=1S/C11H16O2S/c1-3-4-9-13-14(12)11-7-5-10(2)6-8-11/h5-8H,3-4,9H2,1-2H3. The molecule has 0 saturated carbocycles. The maximum atomic E-state index is 11.5. The van der Waals surface area contributed by atoms with Crippen molar-refractivity contribution in [3.8, 4) is 0 Å². The van der Waals surface area contributed by atoms with Crippen LogP contribution in [-0.4, -0.2) is 10.8 Å². The Hall–Kier alpha value is -0.670. The Labute approximate surface area is 88.0 Å². The van der Waals surface area contributed by atoms with Crippen molar-refractivity contribution in [1.82, 2.24) is 0 Å². The molecule has 2 nitrogen and oxygen atoms in total. The van der Waals surface area contributed by atoms with E-state index >= 15 is 0 Å². The largest absolute Gasteiger partial charge is 0.287 e. The van der Waals surface area contributed by atoms with Gasteiger partial charge in [0.2, 0.25) is 0 Å².